The number of nitrogens with two attached hydrogens (primary N) is 1. The molecule has 2 aliphatic rings. The molecule has 0 unspecified atom stereocenters. The summed E-state index contributed by atoms with van der Waals surface area (Å²) >= 11 is 6.33. The number of hydrogen-bond donors (Lipinski definition) is 2. The van der Waals surface area contributed by atoms with Crippen LogP contribution in [0.4, 0.5) is 11.4 Å². The van der Waals surface area contributed by atoms with Crippen LogP contribution in [0.5, 0.6) is 5.75 Å². The summed E-state index contributed by atoms with van der Waals surface area (Å²) in [6, 6.07) is 3.18. The highest BCUT2D eigenvalue weighted by molar-refractivity contribution is 6.34. The van der Waals surface area contributed by atoms with Crippen molar-refractivity contribution in [2.45, 2.75) is 39.0 Å². The van der Waals surface area contributed by atoms with Gasteiger partial charge in [-0.1, -0.05) is 11.6 Å². The van der Waals surface area contributed by atoms with Crippen molar-refractivity contribution in [1.29, 1.82) is 0 Å². The van der Waals surface area contributed by atoms with Crippen LogP contribution in [0, 0.1) is 11.8 Å². The van der Waals surface area contributed by atoms with Gasteiger partial charge in [0.2, 0.25) is 5.91 Å². The summed E-state index contributed by atoms with van der Waals surface area (Å²) < 4.78 is 5.48. The molecule has 0 fully saturated rings. The molecule has 3 N–H and O–H groups in total. The number of carbonyl (C=O) groups is 3. The van der Waals surface area contributed by atoms with Crippen LogP contribution in [-0.4, -0.2) is 30.9 Å². The van der Waals surface area contributed by atoms with Gasteiger partial charge in [-0.3, -0.25) is 14.4 Å². The Morgan fingerprint density at radius 1 is 1.28 bits per heavy atom. The lowest BCUT2D eigenvalue weighted by atomic mass is 9.90. The van der Waals surface area contributed by atoms with Crippen molar-refractivity contribution in [3.8, 4) is 17.6 Å². The second-order valence-corrected chi connectivity index (χ2v) is 7.20. The van der Waals surface area contributed by atoms with Gasteiger partial charge in [-0.15, -0.1) is 11.8 Å². The molecule has 1 aromatic rings. The summed E-state index contributed by atoms with van der Waals surface area (Å²) in [5.74, 6) is 5.02. The second kappa shape index (κ2) is 9.01. The summed E-state index contributed by atoms with van der Waals surface area (Å²) in [6.45, 7) is 2.06. The molecule has 0 saturated carbocycles. The first-order valence-electron chi connectivity index (χ1n) is 9.42. The Balaban J connectivity index is 1.90. The van der Waals surface area contributed by atoms with E-state index in [1.165, 1.54) is 0 Å². The number of ether oxygens (including phenoxy) is 1. The topological polar surface area (TPSA) is 102 Å². The zero-order chi connectivity index (χ0) is 21.0. The van der Waals surface area contributed by atoms with Gasteiger partial charge in [0, 0.05) is 30.2 Å². The number of benzene rings is 1. The smallest absolute Gasteiger partial charge is 0.265 e. The van der Waals surface area contributed by atoms with Crippen molar-refractivity contribution in [1.82, 2.24) is 0 Å². The maximum absolute atomic E-state index is 12.8. The molecule has 0 atom stereocenters. The van der Waals surface area contributed by atoms with E-state index in [1.807, 2.05) is 0 Å². The molecule has 1 aromatic carbocycles. The highest BCUT2D eigenvalue weighted by atomic mass is 35.5. The van der Waals surface area contributed by atoms with Crippen LogP contribution < -0.4 is 20.7 Å². The largest absolute Gasteiger partial charge is 0.482 e. The van der Waals surface area contributed by atoms with Gasteiger partial charge in [0.25, 0.3) is 11.8 Å². The molecule has 0 radical (unpaired) electrons. The molecule has 3 amide bonds. The molecule has 7 nitrogen and oxygen atoms in total. The third kappa shape index (κ3) is 4.54. The van der Waals surface area contributed by atoms with Crippen molar-refractivity contribution in [2.24, 2.45) is 5.73 Å². The Hall–Kier alpha value is -2.98. The molecular weight excluding hydrogens is 394 g/mol. The molecule has 0 spiro atoms. The zero-order valence-corrected chi connectivity index (χ0v) is 16.9. The highest BCUT2D eigenvalue weighted by Crippen LogP contribution is 2.39. The van der Waals surface area contributed by atoms with Crippen LogP contribution >= 0.6 is 11.6 Å². The number of nitrogens with zero attached hydrogens (tertiary/aromatic N) is 1. The van der Waals surface area contributed by atoms with E-state index in [4.69, 9.17) is 22.1 Å². The predicted molar refractivity (Wildman–Crippen MR) is 111 cm³/mol. The number of anilines is 2. The molecular formula is C21H22ClN3O4. The lowest BCUT2D eigenvalue weighted by Gasteiger charge is -2.30. The summed E-state index contributed by atoms with van der Waals surface area (Å²) in [5.41, 5.74) is 7.03. The van der Waals surface area contributed by atoms with Crippen LogP contribution in [0.2, 0.25) is 5.02 Å². The molecule has 1 aliphatic carbocycles. The fourth-order valence-corrected chi connectivity index (χ4v) is 3.68. The summed E-state index contributed by atoms with van der Waals surface area (Å²) in [4.78, 5) is 38.3. The quantitative estimate of drug-likeness (QED) is 0.722. The SMILES string of the molecule is CC#CCCN1C(=O)COc2cc(Cl)c(NC(=O)C3=C(C(N)=O)CCCC3)cc21. The predicted octanol–water partition coefficient (Wildman–Crippen LogP) is 2.77. The lowest BCUT2D eigenvalue weighted by molar-refractivity contribution is -0.121. The molecule has 0 aromatic heterocycles. The van der Waals surface area contributed by atoms with E-state index in [9.17, 15) is 14.4 Å². The van der Waals surface area contributed by atoms with Gasteiger partial charge in [0.15, 0.2) is 6.61 Å². The van der Waals surface area contributed by atoms with Crippen molar-refractivity contribution < 1.29 is 19.1 Å². The van der Waals surface area contributed by atoms with Gasteiger partial charge in [-0.25, -0.2) is 0 Å². The summed E-state index contributed by atoms with van der Waals surface area (Å²) in [7, 11) is 0. The zero-order valence-electron chi connectivity index (χ0n) is 16.1. The minimum atomic E-state index is -0.575. The Bertz CT molecular complexity index is 959. The van der Waals surface area contributed by atoms with Gasteiger partial charge in [-0.2, -0.15) is 0 Å². The molecule has 8 heteroatoms. The lowest BCUT2D eigenvalue weighted by Crippen LogP contribution is -2.39. The van der Waals surface area contributed by atoms with E-state index >= 15 is 0 Å². The van der Waals surface area contributed by atoms with Crippen LogP contribution in [0.15, 0.2) is 23.3 Å². The number of primary amides is 1. The number of rotatable bonds is 5. The first-order chi connectivity index (χ1) is 13.9. The van der Waals surface area contributed by atoms with Gasteiger partial charge in [0.1, 0.15) is 5.75 Å². The Kier molecular flexibility index (Phi) is 6.45. The maximum atomic E-state index is 12.8. The van der Waals surface area contributed by atoms with Crippen molar-refractivity contribution in [3.63, 3.8) is 0 Å². The molecule has 29 heavy (non-hydrogen) atoms. The molecule has 152 valence electrons. The monoisotopic (exact) mass is 415 g/mol. The Morgan fingerprint density at radius 3 is 2.69 bits per heavy atom. The van der Waals surface area contributed by atoms with Crippen molar-refractivity contribution in [3.05, 3.63) is 28.3 Å². The number of halogens is 1. The van der Waals surface area contributed by atoms with Crippen molar-refractivity contribution >= 4 is 40.7 Å². The molecule has 0 bridgehead atoms. The summed E-state index contributed by atoms with van der Waals surface area (Å²) in [5, 5.41) is 3.03. The highest BCUT2D eigenvalue weighted by Gasteiger charge is 2.28. The summed E-state index contributed by atoms with van der Waals surface area (Å²) in [6.07, 6.45) is 3.12. The number of carbonyl (C=O) groups excluding carboxylic acids is 3. The molecule has 3 rings (SSSR count). The van der Waals surface area contributed by atoms with E-state index < -0.39 is 11.8 Å². The number of hydrogen-bond acceptors (Lipinski definition) is 4. The van der Waals surface area contributed by atoms with Crippen LogP contribution in [0.25, 0.3) is 0 Å². The minimum absolute atomic E-state index is 0.0799. The van der Waals surface area contributed by atoms with E-state index in [1.54, 1.807) is 24.0 Å². The van der Waals surface area contributed by atoms with Gasteiger partial charge < -0.3 is 20.7 Å². The molecule has 1 heterocycles. The fourth-order valence-electron chi connectivity index (χ4n) is 3.48. The molecule has 1 aliphatic heterocycles. The van der Waals surface area contributed by atoms with E-state index in [2.05, 4.69) is 17.2 Å². The standard InChI is InChI=1S/C21H22ClN3O4/c1-2-3-6-9-25-17-11-16(15(22)10-18(17)29-12-19(25)26)24-21(28)14-8-5-4-7-13(14)20(23)27/h10-11H,4-9,12H2,1H3,(H2,23,27)(H,24,28). The first kappa shape index (κ1) is 20.7. The van der Waals surface area contributed by atoms with Crippen LogP contribution in [-0.2, 0) is 14.4 Å². The number of amides is 3. The maximum Gasteiger partial charge on any atom is 0.265 e. The van der Waals surface area contributed by atoms with Crippen LogP contribution in [0.1, 0.15) is 39.0 Å². The van der Waals surface area contributed by atoms with Crippen LogP contribution in [0.3, 0.4) is 0 Å². The number of nitrogens with one attached hydrogen (secondary N) is 1. The Labute approximate surface area is 174 Å². The average Bonchev–Trinajstić information content (AvgIpc) is 2.70. The van der Waals surface area contributed by atoms with Gasteiger partial charge >= 0.3 is 0 Å². The van der Waals surface area contributed by atoms with Gasteiger partial charge in [-0.05, 0) is 38.7 Å². The van der Waals surface area contributed by atoms with Gasteiger partial charge in [0.05, 0.1) is 16.4 Å². The number of fused-ring (bicyclic) bond motifs is 1. The Morgan fingerprint density at radius 2 is 2.00 bits per heavy atom. The minimum Gasteiger partial charge on any atom is -0.482 e. The van der Waals surface area contributed by atoms with Crippen molar-refractivity contribution in [2.75, 3.05) is 23.4 Å². The third-order valence-electron chi connectivity index (χ3n) is 4.92. The normalized spacial score (nSPS) is 15.8. The third-order valence-corrected chi connectivity index (χ3v) is 5.23. The van der Waals surface area contributed by atoms with E-state index in [0.717, 1.165) is 12.8 Å². The first-order valence-corrected chi connectivity index (χ1v) is 9.79. The average molecular weight is 416 g/mol. The van der Waals surface area contributed by atoms with E-state index in [0.29, 0.717) is 54.1 Å². The molecule has 0 saturated heterocycles. The second-order valence-electron chi connectivity index (χ2n) is 6.79. The fraction of sp³-hybridized carbons (Fsp3) is 0.381. The van der Waals surface area contributed by atoms with E-state index in [-0.39, 0.29) is 17.5 Å².